The minimum absolute atomic E-state index is 0.105. The van der Waals surface area contributed by atoms with Gasteiger partial charge in [0.2, 0.25) is 5.91 Å². The van der Waals surface area contributed by atoms with Crippen molar-refractivity contribution in [3.63, 3.8) is 0 Å². The van der Waals surface area contributed by atoms with E-state index in [1.807, 2.05) is 28.7 Å². The summed E-state index contributed by atoms with van der Waals surface area (Å²) >= 11 is 8.72. The maximum absolute atomic E-state index is 15.3. The van der Waals surface area contributed by atoms with Crippen LogP contribution in [0.3, 0.4) is 0 Å². The third kappa shape index (κ3) is 6.60. The molecule has 0 saturated heterocycles. The molecular formula is C36H32ClF3IN7O2S. The number of amides is 1. The van der Waals surface area contributed by atoms with Crippen LogP contribution in [0.5, 0.6) is 0 Å². The maximum atomic E-state index is 15.3. The molecule has 5 aromatic rings. The van der Waals surface area contributed by atoms with Gasteiger partial charge in [0.1, 0.15) is 23.7 Å². The van der Waals surface area contributed by atoms with Crippen molar-refractivity contribution < 1.29 is 22.2 Å². The normalized spacial score (nSPS) is 18.7. The molecule has 9 nitrogen and oxygen atoms in total. The third-order valence-electron chi connectivity index (χ3n) is 9.16. The molecule has 51 heavy (non-hydrogen) atoms. The number of fused-ring (bicyclic) bond motifs is 4. The highest BCUT2D eigenvalue weighted by atomic mass is 127. The molecule has 2 N–H and O–H groups in total. The number of carbonyl (C=O) groups is 1. The number of hydrogen-bond acceptors (Lipinski definition) is 5. The lowest BCUT2D eigenvalue weighted by atomic mass is 9.93. The van der Waals surface area contributed by atoms with Crippen LogP contribution in [0.2, 0.25) is 5.02 Å². The maximum Gasteiger partial charge on any atom is 0.293 e. The number of rotatable bonds is 9. The summed E-state index contributed by atoms with van der Waals surface area (Å²) in [6.45, 7) is 2.92. The van der Waals surface area contributed by atoms with Crippen molar-refractivity contribution >= 4 is 72.4 Å². The molecule has 2 aromatic carbocycles. The van der Waals surface area contributed by atoms with E-state index in [-0.39, 0.29) is 23.9 Å². The van der Waals surface area contributed by atoms with E-state index in [0.29, 0.717) is 65.3 Å². The molecule has 0 aliphatic heterocycles. The van der Waals surface area contributed by atoms with Crippen LogP contribution in [0.4, 0.5) is 19.0 Å². The van der Waals surface area contributed by atoms with E-state index in [4.69, 9.17) is 16.6 Å². The fourth-order valence-corrected chi connectivity index (χ4v) is 8.68. The second-order valence-corrected chi connectivity index (χ2v) is 16.9. The zero-order valence-electron chi connectivity index (χ0n) is 28.0. The molecule has 0 spiro atoms. The smallest absolute Gasteiger partial charge is 0.293 e. The number of anilines is 1. The van der Waals surface area contributed by atoms with Gasteiger partial charge in [-0.3, -0.25) is 18.9 Å². The molecule has 0 bridgehead atoms. The van der Waals surface area contributed by atoms with E-state index < -0.39 is 45.9 Å². The van der Waals surface area contributed by atoms with Gasteiger partial charge in [-0.05, 0) is 109 Å². The largest absolute Gasteiger partial charge is 0.346 e. The van der Waals surface area contributed by atoms with Crippen LogP contribution in [-0.4, -0.2) is 46.8 Å². The van der Waals surface area contributed by atoms with Gasteiger partial charge >= 0.3 is 0 Å². The molecule has 0 radical (unpaired) electrons. The van der Waals surface area contributed by atoms with Crippen LogP contribution in [0.15, 0.2) is 42.5 Å². The quantitative estimate of drug-likeness (QED) is 0.0956. The Morgan fingerprint density at radius 1 is 1.22 bits per heavy atom. The number of aryl methyl sites for hydroxylation is 2. The number of halogens is 5. The van der Waals surface area contributed by atoms with Crippen molar-refractivity contribution in [3.8, 4) is 23.0 Å². The molecule has 2 aliphatic carbocycles. The fourth-order valence-electron chi connectivity index (χ4n) is 7.19. The monoisotopic (exact) mass is 845 g/mol. The topological polar surface area (TPSA) is 107 Å². The summed E-state index contributed by atoms with van der Waals surface area (Å²) in [7, 11) is -1.00. The van der Waals surface area contributed by atoms with Crippen LogP contribution in [0.1, 0.15) is 59.2 Å². The number of nitrogens with zero attached hydrogens (tertiary/aromatic N) is 5. The summed E-state index contributed by atoms with van der Waals surface area (Å²) in [5, 5.41) is 12.8. The van der Waals surface area contributed by atoms with Crippen LogP contribution in [0, 0.1) is 34.1 Å². The summed E-state index contributed by atoms with van der Waals surface area (Å²) in [6.07, 6.45) is 1.97. The highest BCUT2D eigenvalue weighted by Crippen LogP contribution is 2.67. The predicted molar refractivity (Wildman–Crippen MR) is 202 cm³/mol. The predicted octanol–water partition coefficient (Wildman–Crippen LogP) is 6.89. The Hall–Kier alpha value is -4.07. The van der Waals surface area contributed by atoms with E-state index >= 15 is 8.78 Å². The zero-order chi connectivity index (χ0) is 36.6. The first-order valence-electron chi connectivity index (χ1n) is 15.9. The SMILES string of the molecule is C=S(C)(=O)Nc1nn(C)c2c(-c3ccc(C#CC)nc3[C@H](Cc3cc(F)cc(I)c3)NC(=O)Cn3nc(C)c4c3C(F)(F)[C@@H]3C[C@H]43)ccc(Cl)c12. The molecule has 1 saturated carbocycles. The highest BCUT2D eigenvalue weighted by molar-refractivity contribution is 14.1. The summed E-state index contributed by atoms with van der Waals surface area (Å²) in [6, 6.07) is 10.7. The molecule has 3 heterocycles. The lowest BCUT2D eigenvalue weighted by molar-refractivity contribution is -0.122. The van der Waals surface area contributed by atoms with E-state index in [1.165, 1.54) is 18.4 Å². The van der Waals surface area contributed by atoms with Crippen molar-refractivity contribution in [2.75, 3.05) is 11.0 Å². The molecule has 264 valence electrons. The second kappa shape index (κ2) is 12.9. The van der Waals surface area contributed by atoms with Crippen LogP contribution in [0.25, 0.3) is 22.0 Å². The molecule has 2 aliphatic rings. The van der Waals surface area contributed by atoms with Crippen molar-refractivity contribution in [2.24, 2.45) is 13.0 Å². The minimum Gasteiger partial charge on any atom is -0.346 e. The van der Waals surface area contributed by atoms with E-state index in [1.54, 1.807) is 49.8 Å². The van der Waals surface area contributed by atoms with Crippen LogP contribution in [-0.2, 0) is 40.4 Å². The number of hydrogen-bond donors (Lipinski definition) is 2. The van der Waals surface area contributed by atoms with Gasteiger partial charge in [0, 0.05) is 49.2 Å². The van der Waals surface area contributed by atoms with Crippen molar-refractivity contribution in [2.45, 2.75) is 51.1 Å². The first-order chi connectivity index (χ1) is 24.0. The zero-order valence-corrected chi connectivity index (χ0v) is 31.7. The second-order valence-electron chi connectivity index (χ2n) is 13.1. The number of aromatic nitrogens is 5. The number of pyridine rings is 1. The van der Waals surface area contributed by atoms with E-state index in [0.717, 1.165) is 4.68 Å². The van der Waals surface area contributed by atoms with Gasteiger partial charge in [-0.2, -0.15) is 19.0 Å². The Morgan fingerprint density at radius 2 is 1.96 bits per heavy atom. The Labute approximate surface area is 311 Å². The van der Waals surface area contributed by atoms with Gasteiger partial charge in [0.25, 0.3) is 5.92 Å². The number of alkyl halides is 2. The van der Waals surface area contributed by atoms with Crippen molar-refractivity contribution in [1.82, 2.24) is 29.9 Å². The molecule has 1 fully saturated rings. The number of nitrogens with one attached hydrogen (secondary N) is 2. The first kappa shape index (κ1) is 35.3. The summed E-state index contributed by atoms with van der Waals surface area (Å²) in [5.41, 5.74) is 4.03. The van der Waals surface area contributed by atoms with Gasteiger partial charge in [0.15, 0.2) is 5.82 Å². The minimum atomic E-state index is -3.07. The molecule has 1 amide bonds. The molecule has 1 unspecified atom stereocenters. The molecule has 4 atom stereocenters. The number of benzene rings is 2. The Bertz CT molecular complexity index is 2430. The van der Waals surface area contributed by atoms with E-state index in [9.17, 15) is 13.4 Å². The Morgan fingerprint density at radius 3 is 2.67 bits per heavy atom. The number of carbonyl (C=O) groups excluding carboxylic acids is 1. The first-order valence-corrected chi connectivity index (χ1v) is 19.5. The summed E-state index contributed by atoms with van der Waals surface area (Å²) in [5.74, 6) is 4.70. The van der Waals surface area contributed by atoms with E-state index in [2.05, 4.69) is 37.9 Å². The molecule has 7 rings (SSSR count). The molecule has 3 aromatic heterocycles. The molecular weight excluding hydrogens is 814 g/mol. The van der Waals surface area contributed by atoms with Gasteiger partial charge in [-0.1, -0.05) is 23.6 Å². The van der Waals surface area contributed by atoms with Crippen LogP contribution >= 0.6 is 34.2 Å². The van der Waals surface area contributed by atoms with Crippen molar-refractivity contribution in [1.29, 1.82) is 0 Å². The lowest BCUT2D eigenvalue weighted by Gasteiger charge is -2.23. The van der Waals surface area contributed by atoms with Gasteiger partial charge < -0.3 is 5.32 Å². The standard InChI is InChI=1S/C36H32ClF3IN7O2S/c1-6-7-22-8-9-23(24-10-11-27(37)31-33(24)47(3)45-35(31)46-51(4,5)50)32(42-22)28(14-19-12-20(38)15-21(41)13-19)43-29(49)17-48-34-30(18(2)44-48)25-16-26(25)36(34,39)40/h8-13,15,25-26,28H,4,14,16-17H2,1-3,5H3,(H,43,49)(H,45,46,50)/t25-,26+,28-,51?/m0/s1. The Kier molecular flexibility index (Phi) is 8.91. The molecule has 15 heteroatoms. The Balaban J connectivity index is 1.36. The summed E-state index contributed by atoms with van der Waals surface area (Å²) < 4.78 is 64.2. The van der Waals surface area contributed by atoms with Gasteiger partial charge in [-0.25, -0.2) is 13.6 Å². The highest BCUT2D eigenvalue weighted by Gasteiger charge is 2.66. The van der Waals surface area contributed by atoms with Crippen LogP contribution < -0.4 is 10.0 Å². The summed E-state index contributed by atoms with van der Waals surface area (Å²) in [4.78, 5) is 18.8. The average molecular weight is 846 g/mol. The van der Waals surface area contributed by atoms with Gasteiger partial charge in [0.05, 0.1) is 33.4 Å². The third-order valence-corrected chi connectivity index (χ3v) is 10.7. The average Bonchev–Trinajstić information content (AvgIpc) is 3.60. The lowest BCUT2D eigenvalue weighted by Crippen LogP contribution is -2.35. The van der Waals surface area contributed by atoms with Crippen molar-refractivity contribution in [3.05, 3.63) is 90.8 Å². The fraction of sp³-hybridized carbons (Fsp3) is 0.306. The van der Waals surface area contributed by atoms with Gasteiger partial charge in [-0.15, -0.1) is 0 Å².